The van der Waals surface area contributed by atoms with Gasteiger partial charge in [-0.2, -0.15) is 0 Å². The van der Waals surface area contributed by atoms with Crippen LogP contribution in [0.4, 0.5) is 30.7 Å². The molecule has 0 spiro atoms. The number of hydrogen-bond donors (Lipinski definition) is 1. The molecule has 0 aliphatic carbocycles. The van der Waals surface area contributed by atoms with E-state index in [1.54, 1.807) is 0 Å². The summed E-state index contributed by atoms with van der Waals surface area (Å²) >= 11 is 0. The van der Waals surface area contributed by atoms with Gasteiger partial charge >= 0.3 is 12.3 Å². The average molecular weight is 354 g/mol. The Morgan fingerprint density at radius 3 is 1.88 bits per heavy atom. The maximum absolute atomic E-state index is 14.0. The van der Waals surface area contributed by atoms with Crippen LogP contribution in [-0.2, 0) is 0 Å². The lowest BCUT2D eigenvalue weighted by molar-refractivity contribution is -0.274. The van der Waals surface area contributed by atoms with E-state index in [0.29, 0.717) is 6.07 Å². The number of aromatic carboxylic acids is 1. The molecular formula is C14H5F7O3. The first-order valence-corrected chi connectivity index (χ1v) is 5.99. The van der Waals surface area contributed by atoms with Crippen LogP contribution >= 0.6 is 0 Å². The van der Waals surface area contributed by atoms with Crippen molar-refractivity contribution in [3.8, 4) is 16.9 Å². The Morgan fingerprint density at radius 2 is 1.42 bits per heavy atom. The maximum atomic E-state index is 14.0. The Balaban J connectivity index is 2.78. The van der Waals surface area contributed by atoms with Gasteiger partial charge in [0, 0.05) is 5.56 Å². The minimum atomic E-state index is -5.23. The van der Waals surface area contributed by atoms with Crippen LogP contribution in [0.25, 0.3) is 11.1 Å². The zero-order chi connectivity index (χ0) is 18.2. The predicted molar refractivity (Wildman–Crippen MR) is 65.4 cm³/mol. The third-order valence-corrected chi connectivity index (χ3v) is 2.86. The molecule has 0 aliphatic rings. The van der Waals surface area contributed by atoms with Crippen molar-refractivity contribution in [3.63, 3.8) is 0 Å². The fourth-order valence-electron chi connectivity index (χ4n) is 1.94. The van der Waals surface area contributed by atoms with Crippen molar-refractivity contribution in [2.75, 3.05) is 0 Å². The highest BCUT2D eigenvalue weighted by atomic mass is 19.4. The van der Waals surface area contributed by atoms with Crippen molar-refractivity contribution < 1.29 is 45.4 Å². The Labute approximate surface area is 128 Å². The van der Waals surface area contributed by atoms with E-state index >= 15 is 0 Å². The summed E-state index contributed by atoms with van der Waals surface area (Å²) < 4.78 is 95.9. The molecular weight excluding hydrogens is 349 g/mol. The third-order valence-electron chi connectivity index (χ3n) is 2.86. The highest BCUT2D eigenvalue weighted by Gasteiger charge is 2.35. The monoisotopic (exact) mass is 354 g/mol. The number of carboxylic acid groups (broad SMARTS) is 1. The largest absolute Gasteiger partial charge is 0.573 e. The molecule has 3 nitrogen and oxygen atoms in total. The number of hydrogen-bond acceptors (Lipinski definition) is 2. The highest BCUT2D eigenvalue weighted by Crippen LogP contribution is 2.38. The van der Waals surface area contributed by atoms with Crippen molar-refractivity contribution in [1.82, 2.24) is 0 Å². The van der Waals surface area contributed by atoms with Crippen LogP contribution in [0.3, 0.4) is 0 Å². The summed E-state index contributed by atoms with van der Waals surface area (Å²) in [4.78, 5) is 10.7. The van der Waals surface area contributed by atoms with E-state index in [2.05, 4.69) is 4.74 Å². The molecule has 0 aromatic heterocycles. The third kappa shape index (κ3) is 3.12. The van der Waals surface area contributed by atoms with Crippen molar-refractivity contribution in [2.24, 2.45) is 0 Å². The van der Waals surface area contributed by atoms with E-state index in [1.165, 1.54) is 0 Å². The van der Waals surface area contributed by atoms with Gasteiger partial charge in [0.1, 0.15) is 11.3 Å². The number of halogens is 7. The van der Waals surface area contributed by atoms with Gasteiger partial charge in [-0.3, -0.25) is 0 Å². The van der Waals surface area contributed by atoms with Crippen molar-refractivity contribution >= 4 is 5.97 Å². The molecule has 0 heterocycles. The van der Waals surface area contributed by atoms with E-state index in [-0.39, 0.29) is 0 Å². The second-order valence-corrected chi connectivity index (χ2v) is 4.36. The molecule has 0 radical (unpaired) electrons. The predicted octanol–water partition coefficient (Wildman–Crippen LogP) is 4.51. The van der Waals surface area contributed by atoms with Gasteiger partial charge in [0.25, 0.3) is 0 Å². The number of carbonyl (C=O) groups is 1. The Hall–Kier alpha value is -2.78. The van der Waals surface area contributed by atoms with Crippen LogP contribution in [0, 0.1) is 23.3 Å². The molecule has 2 rings (SSSR count). The second kappa shape index (κ2) is 6.02. The second-order valence-electron chi connectivity index (χ2n) is 4.36. The minimum absolute atomic E-state index is 0.669. The van der Waals surface area contributed by atoms with Crippen molar-refractivity contribution in [1.29, 1.82) is 0 Å². The van der Waals surface area contributed by atoms with Crippen LogP contribution < -0.4 is 4.74 Å². The topological polar surface area (TPSA) is 46.5 Å². The van der Waals surface area contributed by atoms with E-state index in [9.17, 15) is 35.5 Å². The van der Waals surface area contributed by atoms with Gasteiger partial charge < -0.3 is 9.84 Å². The Morgan fingerprint density at radius 1 is 0.917 bits per heavy atom. The fourth-order valence-corrected chi connectivity index (χ4v) is 1.94. The fraction of sp³-hybridized carbons (Fsp3) is 0.0714. The molecule has 1 N–H and O–H groups in total. The normalized spacial score (nSPS) is 11.5. The highest BCUT2D eigenvalue weighted by molar-refractivity contribution is 5.89. The number of alkyl halides is 3. The summed E-state index contributed by atoms with van der Waals surface area (Å²) in [6.45, 7) is 0. The first-order valence-electron chi connectivity index (χ1n) is 5.99. The number of benzene rings is 2. The lowest BCUT2D eigenvalue weighted by Gasteiger charge is -2.15. The quantitative estimate of drug-likeness (QED) is 0.652. The first kappa shape index (κ1) is 17.6. The van der Waals surface area contributed by atoms with E-state index in [1.807, 2.05) is 0 Å². The van der Waals surface area contributed by atoms with Crippen LogP contribution in [0.1, 0.15) is 10.4 Å². The van der Waals surface area contributed by atoms with Gasteiger partial charge in [0.2, 0.25) is 0 Å². The molecule has 0 saturated carbocycles. The van der Waals surface area contributed by atoms with Crippen LogP contribution in [-0.4, -0.2) is 17.4 Å². The summed E-state index contributed by atoms with van der Waals surface area (Å²) in [5, 5.41) is 8.58. The van der Waals surface area contributed by atoms with Crippen LogP contribution in [0.15, 0.2) is 24.3 Å². The number of ether oxygens (including phenoxy) is 1. The molecule has 2 aromatic carbocycles. The molecule has 10 heteroatoms. The van der Waals surface area contributed by atoms with Gasteiger partial charge in [0.05, 0.1) is 5.56 Å². The lowest BCUT2D eigenvalue weighted by atomic mass is 10.00. The minimum Gasteiger partial charge on any atom is -0.477 e. The summed E-state index contributed by atoms with van der Waals surface area (Å²) in [6, 6.07) is 3.46. The van der Waals surface area contributed by atoms with Gasteiger partial charge in [0.15, 0.2) is 23.3 Å². The van der Waals surface area contributed by atoms with Gasteiger partial charge in [-0.1, -0.05) is 18.2 Å². The van der Waals surface area contributed by atoms with E-state index in [4.69, 9.17) is 5.11 Å². The first-order chi connectivity index (χ1) is 11.0. The molecule has 0 amide bonds. The average Bonchev–Trinajstić information content (AvgIpc) is 2.45. The summed E-state index contributed by atoms with van der Waals surface area (Å²) in [5.74, 6) is -12.2. The van der Waals surface area contributed by atoms with E-state index < -0.39 is 58.0 Å². The van der Waals surface area contributed by atoms with Gasteiger partial charge in [-0.05, 0) is 6.07 Å². The molecule has 128 valence electrons. The number of carboxylic acids is 1. The molecule has 0 unspecified atom stereocenters. The smallest absolute Gasteiger partial charge is 0.477 e. The maximum Gasteiger partial charge on any atom is 0.573 e. The SMILES string of the molecule is O=C(O)c1c(F)c(F)c(-c2ccccc2OC(F)(F)F)c(F)c1F. The molecule has 0 bridgehead atoms. The number of para-hydroxylation sites is 1. The van der Waals surface area contributed by atoms with Crippen molar-refractivity contribution in [2.45, 2.75) is 6.36 Å². The molecule has 2 aromatic rings. The Bertz CT molecular complexity index is 786. The van der Waals surface area contributed by atoms with Gasteiger partial charge in [-0.15, -0.1) is 13.2 Å². The summed E-state index contributed by atoms with van der Waals surface area (Å²) in [7, 11) is 0. The standard InChI is InChI=1S/C14H5F7O3/c15-9-7(10(16)12(18)8(11(9)17)13(22)23)5-3-1-2-4-6(5)24-14(19,20)21/h1-4H,(H,22,23). The van der Waals surface area contributed by atoms with E-state index in [0.717, 1.165) is 18.2 Å². The zero-order valence-electron chi connectivity index (χ0n) is 11.2. The molecule has 0 atom stereocenters. The molecule has 0 fully saturated rings. The number of rotatable bonds is 3. The molecule has 0 aliphatic heterocycles. The van der Waals surface area contributed by atoms with Crippen LogP contribution in [0.5, 0.6) is 5.75 Å². The Kier molecular flexibility index (Phi) is 4.41. The molecule has 24 heavy (non-hydrogen) atoms. The summed E-state index contributed by atoms with van der Waals surface area (Å²) in [6.07, 6.45) is -5.23. The zero-order valence-corrected chi connectivity index (χ0v) is 11.2. The lowest BCUT2D eigenvalue weighted by Crippen LogP contribution is -2.18. The summed E-state index contributed by atoms with van der Waals surface area (Å²) in [5.41, 5.74) is -4.36. The molecule has 0 saturated heterocycles. The van der Waals surface area contributed by atoms with Crippen molar-refractivity contribution in [3.05, 3.63) is 53.1 Å². The van der Waals surface area contributed by atoms with Gasteiger partial charge in [-0.25, -0.2) is 22.4 Å². The van der Waals surface area contributed by atoms with Crippen LogP contribution in [0.2, 0.25) is 0 Å².